The molecule has 3 N–H and O–H groups in total. The molecule has 1 heterocycles. The van der Waals surface area contributed by atoms with Crippen LogP contribution >= 0.6 is 0 Å². The Kier molecular flexibility index (Phi) is 3.01. The Morgan fingerprint density at radius 2 is 2.05 bits per heavy atom. The summed E-state index contributed by atoms with van der Waals surface area (Å²) in [5.41, 5.74) is 6.68. The van der Waals surface area contributed by atoms with Crippen molar-refractivity contribution in [2.24, 2.45) is 11.1 Å². The molecule has 5 heteroatoms. The van der Waals surface area contributed by atoms with Crippen molar-refractivity contribution in [2.45, 2.75) is 38.8 Å². The summed E-state index contributed by atoms with van der Waals surface area (Å²) in [6.07, 6.45) is 2.69. The summed E-state index contributed by atoms with van der Waals surface area (Å²) in [6, 6.07) is 6.90. The van der Waals surface area contributed by atoms with Crippen LogP contribution in [0.4, 0.5) is 10.5 Å². The summed E-state index contributed by atoms with van der Waals surface area (Å²) >= 11 is 0. The largest absolute Gasteiger partial charge is 0.334 e. The molecule has 1 saturated carbocycles. The molecule has 2 atom stereocenters. The molecule has 0 radical (unpaired) electrons. The number of hydrogen-bond acceptors (Lipinski definition) is 3. The fourth-order valence-electron chi connectivity index (χ4n) is 3.23. The van der Waals surface area contributed by atoms with Crippen LogP contribution in [0.5, 0.6) is 0 Å². The van der Waals surface area contributed by atoms with Crippen LogP contribution in [0.2, 0.25) is 0 Å². The molecule has 0 spiro atoms. The number of benzene rings is 1. The zero-order chi connectivity index (χ0) is 14.3. The highest BCUT2D eigenvalue weighted by molar-refractivity contribution is 6.18. The minimum absolute atomic E-state index is 0.0259. The van der Waals surface area contributed by atoms with E-state index in [4.69, 9.17) is 5.73 Å². The SMILES string of the molecule is CC12CCCC1NC(=O)N(c1ccc(CN)cc1)C2=O. The molecule has 5 nitrogen and oxygen atoms in total. The van der Waals surface area contributed by atoms with Crippen LogP contribution in [0.25, 0.3) is 0 Å². The van der Waals surface area contributed by atoms with Gasteiger partial charge in [0.15, 0.2) is 0 Å². The number of hydrogen-bond donors (Lipinski definition) is 2. The number of fused-ring (bicyclic) bond motifs is 1. The number of nitrogens with one attached hydrogen (secondary N) is 1. The second kappa shape index (κ2) is 4.59. The van der Waals surface area contributed by atoms with Gasteiger partial charge in [0.1, 0.15) is 0 Å². The molecule has 20 heavy (non-hydrogen) atoms. The highest BCUT2D eigenvalue weighted by atomic mass is 16.2. The Hall–Kier alpha value is -1.88. The summed E-state index contributed by atoms with van der Waals surface area (Å²) in [6.45, 7) is 2.40. The van der Waals surface area contributed by atoms with Crippen LogP contribution in [0.3, 0.4) is 0 Å². The van der Waals surface area contributed by atoms with Gasteiger partial charge in [-0.05, 0) is 37.5 Å². The second-order valence-electron chi connectivity index (χ2n) is 5.82. The van der Waals surface area contributed by atoms with Gasteiger partial charge in [0, 0.05) is 12.6 Å². The van der Waals surface area contributed by atoms with E-state index in [9.17, 15) is 9.59 Å². The fourth-order valence-corrected chi connectivity index (χ4v) is 3.23. The predicted octanol–water partition coefficient (Wildman–Crippen LogP) is 1.76. The topological polar surface area (TPSA) is 75.4 Å². The third-order valence-electron chi connectivity index (χ3n) is 4.58. The number of nitrogens with zero attached hydrogens (tertiary/aromatic N) is 1. The number of carbonyl (C=O) groups excluding carboxylic acids is 2. The third-order valence-corrected chi connectivity index (χ3v) is 4.58. The minimum Gasteiger partial charge on any atom is -0.334 e. The van der Waals surface area contributed by atoms with Gasteiger partial charge in [-0.3, -0.25) is 4.79 Å². The number of urea groups is 1. The number of carbonyl (C=O) groups is 2. The number of nitrogens with two attached hydrogens (primary N) is 1. The van der Waals surface area contributed by atoms with Crippen LogP contribution in [0, 0.1) is 5.41 Å². The molecular formula is C15H19N3O2. The standard InChI is InChI=1S/C15H19N3O2/c1-15-8-2-3-12(15)17-14(20)18(13(15)19)11-6-4-10(9-16)5-7-11/h4-7,12H,2-3,8-9,16H2,1H3,(H,17,20). The summed E-state index contributed by atoms with van der Waals surface area (Å²) in [5, 5.41) is 2.97. The Morgan fingerprint density at radius 3 is 2.70 bits per heavy atom. The highest BCUT2D eigenvalue weighted by Gasteiger charge is 2.53. The molecule has 1 aromatic rings. The van der Waals surface area contributed by atoms with E-state index in [1.165, 1.54) is 4.90 Å². The molecule has 1 aromatic carbocycles. The summed E-state index contributed by atoms with van der Waals surface area (Å²) in [5.74, 6) is -0.0933. The third kappa shape index (κ3) is 1.81. The first-order valence-corrected chi connectivity index (χ1v) is 7.00. The smallest absolute Gasteiger partial charge is 0.329 e. The second-order valence-corrected chi connectivity index (χ2v) is 5.82. The van der Waals surface area contributed by atoms with Gasteiger partial charge in [-0.2, -0.15) is 0 Å². The minimum atomic E-state index is -0.472. The van der Waals surface area contributed by atoms with Crippen molar-refractivity contribution in [3.8, 4) is 0 Å². The van der Waals surface area contributed by atoms with Crippen molar-refractivity contribution >= 4 is 17.6 Å². The van der Waals surface area contributed by atoms with E-state index >= 15 is 0 Å². The molecule has 2 unspecified atom stereocenters. The predicted molar refractivity (Wildman–Crippen MR) is 76.1 cm³/mol. The molecule has 0 aromatic heterocycles. The molecule has 1 aliphatic carbocycles. The fraction of sp³-hybridized carbons (Fsp3) is 0.467. The van der Waals surface area contributed by atoms with Gasteiger partial charge in [-0.1, -0.05) is 18.6 Å². The molecule has 2 fully saturated rings. The maximum absolute atomic E-state index is 12.7. The van der Waals surface area contributed by atoms with Crippen molar-refractivity contribution in [1.29, 1.82) is 0 Å². The van der Waals surface area contributed by atoms with E-state index in [1.54, 1.807) is 12.1 Å². The maximum Gasteiger partial charge on any atom is 0.329 e. The summed E-state index contributed by atoms with van der Waals surface area (Å²) < 4.78 is 0. The zero-order valence-electron chi connectivity index (χ0n) is 11.6. The van der Waals surface area contributed by atoms with Gasteiger partial charge in [-0.15, -0.1) is 0 Å². The van der Waals surface area contributed by atoms with Gasteiger partial charge < -0.3 is 11.1 Å². The number of anilines is 1. The Morgan fingerprint density at radius 1 is 1.35 bits per heavy atom. The zero-order valence-corrected chi connectivity index (χ0v) is 11.6. The van der Waals surface area contributed by atoms with E-state index in [1.807, 2.05) is 19.1 Å². The average Bonchev–Trinajstić information content (AvgIpc) is 2.82. The monoisotopic (exact) mass is 273 g/mol. The molecule has 0 bridgehead atoms. The van der Waals surface area contributed by atoms with E-state index < -0.39 is 5.41 Å². The van der Waals surface area contributed by atoms with E-state index in [0.29, 0.717) is 12.2 Å². The van der Waals surface area contributed by atoms with Gasteiger partial charge >= 0.3 is 6.03 Å². The lowest BCUT2D eigenvalue weighted by Gasteiger charge is -2.40. The molecule has 106 valence electrons. The normalized spacial score (nSPS) is 29.3. The molecule has 1 aliphatic heterocycles. The molecule has 3 amide bonds. The van der Waals surface area contributed by atoms with E-state index in [2.05, 4.69) is 5.32 Å². The molecule has 3 rings (SSSR count). The van der Waals surface area contributed by atoms with Crippen molar-refractivity contribution in [3.05, 3.63) is 29.8 Å². The Bertz CT molecular complexity index is 555. The van der Waals surface area contributed by atoms with Crippen molar-refractivity contribution < 1.29 is 9.59 Å². The van der Waals surface area contributed by atoms with Gasteiger partial charge in [0.05, 0.1) is 11.1 Å². The van der Waals surface area contributed by atoms with Crippen molar-refractivity contribution in [2.75, 3.05) is 4.90 Å². The van der Waals surface area contributed by atoms with E-state index in [0.717, 1.165) is 24.8 Å². The first-order chi connectivity index (χ1) is 9.56. The van der Waals surface area contributed by atoms with Crippen LogP contribution in [0.15, 0.2) is 24.3 Å². The lowest BCUT2D eigenvalue weighted by molar-refractivity contribution is -0.128. The van der Waals surface area contributed by atoms with Crippen LogP contribution in [0.1, 0.15) is 31.7 Å². The van der Waals surface area contributed by atoms with Gasteiger partial charge in [0.25, 0.3) is 0 Å². The summed E-state index contributed by atoms with van der Waals surface area (Å²) in [4.78, 5) is 26.2. The quantitative estimate of drug-likeness (QED) is 0.862. The van der Waals surface area contributed by atoms with Crippen LogP contribution in [-0.4, -0.2) is 18.0 Å². The molecule has 1 saturated heterocycles. The van der Waals surface area contributed by atoms with Crippen molar-refractivity contribution in [3.63, 3.8) is 0 Å². The van der Waals surface area contributed by atoms with Crippen LogP contribution < -0.4 is 16.0 Å². The van der Waals surface area contributed by atoms with Crippen LogP contribution in [-0.2, 0) is 11.3 Å². The Balaban J connectivity index is 1.95. The molecular weight excluding hydrogens is 254 g/mol. The van der Waals surface area contributed by atoms with E-state index in [-0.39, 0.29) is 18.0 Å². The number of imide groups is 1. The maximum atomic E-state index is 12.7. The van der Waals surface area contributed by atoms with Gasteiger partial charge in [0.2, 0.25) is 5.91 Å². The average molecular weight is 273 g/mol. The lowest BCUT2D eigenvalue weighted by atomic mass is 9.81. The van der Waals surface area contributed by atoms with Gasteiger partial charge in [-0.25, -0.2) is 9.69 Å². The highest BCUT2D eigenvalue weighted by Crippen LogP contribution is 2.42. The molecule has 2 aliphatic rings. The first kappa shape index (κ1) is 13.1. The van der Waals surface area contributed by atoms with Crippen molar-refractivity contribution in [1.82, 2.24) is 5.32 Å². The summed E-state index contributed by atoms with van der Waals surface area (Å²) in [7, 11) is 0. The number of rotatable bonds is 2. The Labute approximate surface area is 118 Å². The number of amides is 3. The first-order valence-electron chi connectivity index (χ1n) is 7.00. The lowest BCUT2D eigenvalue weighted by Crippen LogP contribution is -2.63.